The zero-order valence-corrected chi connectivity index (χ0v) is 18.8. The highest BCUT2D eigenvalue weighted by Crippen LogP contribution is 2.46. The molecule has 9 heteroatoms. The van der Waals surface area contributed by atoms with Crippen molar-refractivity contribution >= 4 is 5.97 Å². The number of aliphatic carboxylic acids is 1. The average Bonchev–Trinajstić information content (AvgIpc) is 2.75. The van der Waals surface area contributed by atoms with Gasteiger partial charge in [0, 0.05) is 6.04 Å². The monoisotopic (exact) mass is 487 g/mol. The van der Waals surface area contributed by atoms with Crippen LogP contribution in [0.4, 0.5) is 26.3 Å². The fraction of sp³-hybridized carbons (Fsp3) is 0.480. The summed E-state index contributed by atoms with van der Waals surface area (Å²) in [4.78, 5) is 12.1. The van der Waals surface area contributed by atoms with Crippen LogP contribution >= 0.6 is 0 Å². The Kier molecular flexibility index (Phi) is 7.65. The SMILES string of the molecule is CC(C)CC(C(=O)O)c1cc(-c2ccccc2)cc(C2CCCC(C(F)(F)F)N2)c1C(F)(F)F. The number of rotatable bonds is 6. The van der Waals surface area contributed by atoms with E-state index in [4.69, 9.17) is 0 Å². The second-order valence-electron chi connectivity index (χ2n) is 9.16. The summed E-state index contributed by atoms with van der Waals surface area (Å²) in [5, 5.41) is 12.2. The first kappa shape index (κ1) is 26.1. The van der Waals surface area contributed by atoms with Crippen LogP contribution in [0.25, 0.3) is 11.1 Å². The van der Waals surface area contributed by atoms with E-state index in [0.29, 0.717) is 11.1 Å². The number of halogens is 6. The van der Waals surface area contributed by atoms with Crippen molar-refractivity contribution in [2.24, 2.45) is 5.92 Å². The Morgan fingerprint density at radius 3 is 2.21 bits per heavy atom. The second-order valence-corrected chi connectivity index (χ2v) is 9.16. The summed E-state index contributed by atoms with van der Waals surface area (Å²) in [6.07, 6.45) is -9.64. The van der Waals surface area contributed by atoms with Gasteiger partial charge in [0.25, 0.3) is 0 Å². The van der Waals surface area contributed by atoms with E-state index in [1.807, 2.05) is 0 Å². The van der Waals surface area contributed by atoms with Crippen LogP contribution in [0.15, 0.2) is 42.5 Å². The summed E-state index contributed by atoms with van der Waals surface area (Å²) >= 11 is 0. The molecule has 1 fully saturated rings. The molecule has 0 spiro atoms. The van der Waals surface area contributed by atoms with Crippen LogP contribution in [0.3, 0.4) is 0 Å². The lowest BCUT2D eigenvalue weighted by atomic mass is 9.80. The predicted octanol–water partition coefficient (Wildman–Crippen LogP) is 7.33. The van der Waals surface area contributed by atoms with Crippen LogP contribution < -0.4 is 5.32 Å². The number of carboxylic acids is 1. The minimum Gasteiger partial charge on any atom is -0.481 e. The van der Waals surface area contributed by atoms with Crippen molar-refractivity contribution in [1.29, 1.82) is 0 Å². The molecular weight excluding hydrogens is 460 g/mol. The van der Waals surface area contributed by atoms with Crippen LogP contribution in [0.5, 0.6) is 0 Å². The summed E-state index contributed by atoms with van der Waals surface area (Å²) in [6.45, 7) is 3.42. The molecule has 0 radical (unpaired) electrons. The third kappa shape index (κ3) is 5.92. The fourth-order valence-electron chi connectivity index (χ4n) is 4.63. The zero-order chi connectivity index (χ0) is 25.3. The van der Waals surface area contributed by atoms with E-state index in [2.05, 4.69) is 5.32 Å². The maximum absolute atomic E-state index is 14.4. The molecule has 0 amide bonds. The topological polar surface area (TPSA) is 49.3 Å². The lowest BCUT2D eigenvalue weighted by Gasteiger charge is -2.35. The standard InChI is InChI=1S/C25H27F6NO2/c1-14(2)11-18(23(33)34)17-12-16(15-7-4-3-5-8-15)13-19(22(17)25(29,30)31)20-9-6-10-21(32-20)24(26,27)28/h3-5,7-8,12-14,18,20-21,32H,6,9-11H2,1-2H3,(H,33,34). The van der Waals surface area contributed by atoms with E-state index < -0.39 is 47.5 Å². The van der Waals surface area contributed by atoms with Crippen LogP contribution in [-0.4, -0.2) is 23.3 Å². The summed E-state index contributed by atoms with van der Waals surface area (Å²) < 4.78 is 83.6. The Labute approximate surface area is 194 Å². The maximum atomic E-state index is 14.4. The van der Waals surface area contributed by atoms with Gasteiger partial charge in [0.15, 0.2) is 0 Å². The first-order valence-corrected chi connectivity index (χ1v) is 11.1. The van der Waals surface area contributed by atoms with Crippen molar-refractivity contribution in [3.05, 3.63) is 59.2 Å². The van der Waals surface area contributed by atoms with Gasteiger partial charge >= 0.3 is 18.3 Å². The minimum atomic E-state index is -4.95. The van der Waals surface area contributed by atoms with E-state index in [1.165, 1.54) is 12.1 Å². The molecular formula is C25H27F6NO2. The molecule has 3 rings (SSSR count). The van der Waals surface area contributed by atoms with Crippen molar-refractivity contribution in [1.82, 2.24) is 5.32 Å². The molecule has 2 N–H and O–H groups in total. The van der Waals surface area contributed by atoms with E-state index in [1.54, 1.807) is 44.2 Å². The maximum Gasteiger partial charge on any atom is 0.417 e. The third-order valence-corrected chi connectivity index (χ3v) is 6.13. The number of nitrogens with one attached hydrogen (secondary N) is 1. The number of benzene rings is 2. The lowest BCUT2D eigenvalue weighted by molar-refractivity contribution is -0.163. The molecule has 2 aromatic rings. The molecule has 1 aliphatic rings. The number of hydrogen-bond donors (Lipinski definition) is 2. The fourth-order valence-corrected chi connectivity index (χ4v) is 4.63. The first-order valence-electron chi connectivity index (χ1n) is 11.1. The van der Waals surface area contributed by atoms with E-state index >= 15 is 0 Å². The predicted molar refractivity (Wildman–Crippen MR) is 116 cm³/mol. The number of hydrogen-bond acceptors (Lipinski definition) is 2. The largest absolute Gasteiger partial charge is 0.481 e. The van der Waals surface area contributed by atoms with Crippen LogP contribution in [-0.2, 0) is 11.0 Å². The molecule has 0 aliphatic carbocycles. The van der Waals surface area contributed by atoms with Gasteiger partial charge in [-0.2, -0.15) is 26.3 Å². The van der Waals surface area contributed by atoms with Crippen molar-refractivity contribution in [3.63, 3.8) is 0 Å². The quantitative estimate of drug-likeness (QED) is 0.420. The van der Waals surface area contributed by atoms with E-state index in [9.17, 15) is 36.2 Å². The highest BCUT2D eigenvalue weighted by atomic mass is 19.4. The zero-order valence-electron chi connectivity index (χ0n) is 18.8. The molecule has 3 atom stereocenters. The Morgan fingerprint density at radius 2 is 1.68 bits per heavy atom. The van der Waals surface area contributed by atoms with Crippen LogP contribution in [0, 0.1) is 5.92 Å². The van der Waals surface area contributed by atoms with Gasteiger partial charge in [-0.15, -0.1) is 0 Å². The van der Waals surface area contributed by atoms with Gasteiger partial charge in [-0.1, -0.05) is 44.2 Å². The lowest BCUT2D eigenvalue weighted by Crippen LogP contribution is -2.47. The van der Waals surface area contributed by atoms with Crippen LogP contribution in [0.2, 0.25) is 0 Å². The summed E-state index contributed by atoms with van der Waals surface area (Å²) in [6, 6.07) is 7.78. The first-order chi connectivity index (χ1) is 15.8. The molecule has 186 valence electrons. The van der Waals surface area contributed by atoms with Crippen molar-refractivity contribution < 1.29 is 36.2 Å². The number of piperidine rings is 1. The summed E-state index contributed by atoms with van der Waals surface area (Å²) in [5.74, 6) is -3.07. The molecule has 1 saturated heterocycles. The van der Waals surface area contributed by atoms with E-state index in [0.717, 1.165) is 0 Å². The van der Waals surface area contributed by atoms with Crippen molar-refractivity contribution in [2.75, 3.05) is 0 Å². The van der Waals surface area contributed by atoms with Gasteiger partial charge in [0.1, 0.15) is 6.04 Å². The van der Waals surface area contributed by atoms with Crippen molar-refractivity contribution in [3.8, 4) is 11.1 Å². The molecule has 3 unspecified atom stereocenters. The van der Waals surface area contributed by atoms with Gasteiger partial charge in [0.2, 0.25) is 0 Å². The average molecular weight is 487 g/mol. The molecule has 1 heterocycles. The molecule has 3 nitrogen and oxygen atoms in total. The molecule has 1 aliphatic heterocycles. The van der Waals surface area contributed by atoms with Gasteiger partial charge in [-0.05, 0) is 66.0 Å². The highest BCUT2D eigenvalue weighted by molar-refractivity contribution is 5.79. The minimum absolute atomic E-state index is 0.0423. The number of alkyl halides is 6. The van der Waals surface area contributed by atoms with Gasteiger partial charge in [0.05, 0.1) is 11.5 Å². The Balaban J connectivity index is 2.28. The number of carbonyl (C=O) groups is 1. The molecule has 0 bridgehead atoms. The van der Waals surface area contributed by atoms with Crippen molar-refractivity contribution in [2.45, 2.75) is 69.9 Å². The second kappa shape index (κ2) is 9.98. The Morgan fingerprint density at radius 1 is 1.03 bits per heavy atom. The van der Waals surface area contributed by atoms with Gasteiger partial charge in [-0.25, -0.2) is 0 Å². The smallest absolute Gasteiger partial charge is 0.417 e. The number of carboxylic acid groups (broad SMARTS) is 1. The molecule has 2 aromatic carbocycles. The highest BCUT2D eigenvalue weighted by Gasteiger charge is 2.46. The Hall–Kier alpha value is -2.55. The van der Waals surface area contributed by atoms with E-state index in [-0.39, 0.29) is 37.2 Å². The summed E-state index contributed by atoms with van der Waals surface area (Å²) in [7, 11) is 0. The Bertz CT molecular complexity index is 1000. The molecule has 0 aromatic heterocycles. The molecule has 34 heavy (non-hydrogen) atoms. The summed E-state index contributed by atoms with van der Waals surface area (Å²) in [5.41, 5.74) is -1.02. The normalized spacial score (nSPS) is 20.4. The third-order valence-electron chi connectivity index (χ3n) is 6.13. The van der Waals surface area contributed by atoms with Crippen LogP contribution in [0.1, 0.15) is 68.2 Å². The van der Waals surface area contributed by atoms with Gasteiger partial charge in [-0.3, -0.25) is 10.1 Å². The molecule has 0 saturated carbocycles. The van der Waals surface area contributed by atoms with Gasteiger partial charge < -0.3 is 5.11 Å².